The maximum absolute atomic E-state index is 12.4. The van der Waals surface area contributed by atoms with Gasteiger partial charge < -0.3 is 31.5 Å². The fourth-order valence-electron chi connectivity index (χ4n) is 3.30. The van der Waals surface area contributed by atoms with E-state index < -0.39 is 12.1 Å². The van der Waals surface area contributed by atoms with Crippen LogP contribution in [0.3, 0.4) is 0 Å². The predicted octanol–water partition coefficient (Wildman–Crippen LogP) is 3.62. The molecule has 3 rings (SSSR count). The molecule has 0 heterocycles. The molecule has 8 nitrogen and oxygen atoms in total. The normalized spacial score (nSPS) is 10.4. The molecular weight excluding hydrogens is 420 g/mol. The van der Waals surface area contributed by atoms with Crippen molar-refractivity contribution >= 4 is 23.4 Å². The number of anilines is 2. The van der Waals surface area contributed by atoms with Gasteiger partial charge in [0.25, 0.3) is 0 Å². The Balaban J connectivity index is 1.56. The molecule has 0 aliphatic carbocycles. The largest absolute Gasteiger partial charge is 0.392 e. The van der Waals surface area contributed by atoms with Gasteiger partial charge in [0.05, 0.1) is 13.2 Å². The highest BCUT2D eigenvalue weighted by Gasteiger charge is 2.09. The number of urea groups is 2. The number of carbonyl (C=O) groups is 2. The predicted molar refractivity (Wildman–Crippen MR) is 128 cm³/mol. The third-order valence-electron chi connectivity index (χ3n) is 5.20. The standard InChI is InChI=1S/C25H28N4O4/c1-17-10-11-22(28-24(32)26-13-18-6-2-4-8-20(18)15-30)12-23(17)29-25(33)27-14-19-7-3-5-9-21(19)16-31/h2-12,30-31H,13-16H2,1H3,(H2,26,28,32)(H2,27,29,33). The zero-order valence-electron chi connectivity index (χ0n) is 18.4. The molecule has 0 saturated carbocycles. The molecule has 4 amide bonds. The van der Waals surface area contributed by atoms with Crippen LogP contribution < -0.4 is 21.3 Å². The number of hydrogen-bond acceptors (Lipinski definition) is 4. The number of rotatable bonds is 8. The molecule has 0 atom stereocenters. The number of nitrogens with one attached hydrogen (secondary N) is 4. The van der Waals surface area contributed by atoms with Crippen molar-refractivity contribution in [2.45, 2.75) is 33.2 Å². The third kappa shape index (κ3) is 6.80. The minimum atomic E-state index is -0.400. The summed E-state index contributed by atoms with van der Waals surface area (Å²) in [4.78, 5) is 24.7. The number of benzene rings is 3. The van der Waals surface area contributed by atoms with Crippen LogP contribution >= 0.6 is 0 Å². The zero-order valence-corrected chi connectivity index (χ0v) is 18.4. The number of hydrogen-bond donors (Lipinski definition) is 6. The Hall–Kier alpha value is -3.88. The lowest BCUT2D eigenvalue weighted by atomic mass is 10.1. The molecule has 0 aliphatic rings. The van der Waals surface area contributed by atoms with Crippen LogP contribution in [-0.2, 0) is 26.3 Å². The van der Waals surface area contributed by atoms with Crippen LogP contribution in [0.4, 0.5) is 21.0 Å². The summed E-state index contributed by atoms with van der Waals surface area (Å²) in [6, 6.07) is 19.1. The average molecular weight is 449 g/mol. The number of carbonyl (C=O) groups excluding carboxylic acids is 2. The van der Waals surface area contributed by atoms with Crippen molar-refractivity contribution in [1.82, 2.24) is 10.6 Å². The van der Waals surface area contributed by atoms with E-state index >= 15 is 0 Å². The van der Waals surface area contributed by atoms with Crippen molar-refractivity contribution < 1.29 is 19.8 Å². The Morgan fingerprint density at radius 2 is 1.18 bits per heavy atom. The summed E-state index contributed by atoms with van der Waals surface area (Å²) in [6.07, 6.45) is 0. The van der Waals surface area contributed by atoms with Gasteiger partial charge >= 0.3 is 12.1 Å². The van der Waals surface area contributed by atoms with E-state index in [2.05, 4.69) is 21.3 Å². The van der Waals surface area contributed by atoms with Gasteiger partial charge in [0, 0.05) is 24.5 Å². The highest BCUT2D eigenvalue weighted by molar-refractivity contribution is 5.93. The minimum Gasteiger partial charge on any atom is -0.392 e. The second-order valence-electron chi connectivity index (χ2n) is 7.50. The van der Waals surface area contributed by atoms with E-state index in [9.17, 15) is 19.8 Å². The third-order valence-corrected chi connectivity index (χ3v) is 5.20. The zero-order chi connectivity index (χ0) is 23.6. The first-order valence-electron chi connectivity index (χ1n) is 10.6. The highest BCUT2D eigenvalue weighted by Crippen LogP contribution is 2.20. The smallest absolute Gasteiger partial charge is 0.319 e. The molecule has 0 unspecified atom stereocenters. The van der Waals surface area contributed by atoms with Gasteiger partial charge in [-0.1, -0.05) is 54.6 Å². The van der Waals surface area contributed by atoms with Gasteiger partial charge in [-0.05, 0) is 46.9 Å². The molecule has 0 radical (unpaired) electrons. The molecule has 0 bridgehead atoms. The molecule has 172 valence electrons. The molecule has 3 aromatic rings. The Labute approximate surface area is 192 Å². The van der Waals surface area contributed by atoms with Gasteiger partial charge in [0.1, 0.15) is 0 Å². The fraction of sp³-hybridized carbons (Fsp3) is 0.200. The summed E-state index contributed by atoms with van der Waals surface area (Å²) in [5, 5.41) is 29.9. The van der Waals surface area contributed by atoms with Gasteiger partial charge in [0.15, 0.2) is 0 Å². The average Bonchev–Trinajstić information content (AvgIpc) is 2.83. The molecule has 0 aromatic heterocycles. The molecule has 0 saturated heterocycles. The van der Waals surface area contributed by atoms with E-state index in [0.717, 1.165) is 27.8 Å². The number of aliphatic hydroxyl groups is 2. The summed E-state index contributed by atoms with van der Waals surface area (Å²) in [5.41, 5.74) is 5.10. The van der Waals surface area contributed by atoms with E-state index in [4.69, 9.17) is 0 Å². The highest BCUT2D eigenvalue weighted by atomic mass is 16.3. The van der Waals surface area contributed by atoms with Crippen molar-refractivity contribution in [1.29, 1.82) is 0 Å². The summed E-state index contributed by atoms with van der Waals surface area (Å²) < 4.78 is 0. The van der Waals surface area contributed by atoms with Gasteiger partial charge in [-0.2, -0.15) is 0 Å². The lowest BCUT2D eigenvalue weighted by molar-refractivity contribution is 0.250. The second-order valence-corrected chi connectivity index (χ2v) is 7.50. The monoisotopic (exact) mass is 448 g/mol. The van der Waals surface area contributed by atoms with Crippen molar-refractivity contribution in [3.63, 3.8) is 0 Å². The van der Waals surface area contributed by atoms with Crippen molar-refractivity contribution in [2.75, 3.05) is 10.6 Å². The summed E-state index contributed by atoms with van der Waals surface area (Å²) in [5.74, 6) is 0. The molecular formula is C25H28N4O4. The van der Waals surface area contributed by atoms with Crippen molar-refractivity contribution in [3.8, 4) is 0 Å². The van der Waals surface area contributed by atoms with Crippen molar-refractivity contribution in [3.05, 3.63) is 94.5 Å². The van der Waals surface area contributed by atoms with Crippen LogP contribution in [0.25, 0.3) is 0 Å². The minimum absolute atomic E-state index is 0.0971. The molecule has 3 aromatic carbocycles. The van der Waals surface area contributed by atoms with Crippen LogP contribution in [0.15, 0.2) is 66.7 Å². The molecule has 0 fully saturated rings. The van der Waals surface area contributed by atoms with Gasteiger partial charge in [-0.3, -0.25) is 0 Å². The van der Waals surface area contributed by atoms with E-state index in [0.29, 0.717) is 11.4 Å². The first-order valence-corrected chi connectivity index (χ1v) is 10.6. The molecule has 8 heteroatoms. The Kier molecular flexibility index (Phi) is 8.40. The lowest BCUT2D eigenvalue weighted by Crippen LogP contribution is -2.29. The van der Waals surface area contributed by atoms with Gasteiger partial charge in [-0.15, -0.1) is 0 Å². The number of aryl methyl sites for hydroxylation is 1. The quantitative estimate of drug-likeness (QED) is 0.315. The molecule has 33 heavy (non-hydrogen) atoms. The van der Waals surface area contributed by atoms with E-state index in [1.807, 2.05) is 49.4 Å². The first-order chi connectivity index (χ1) is 16.0. The van der Waals surface area contributed by atoms with Crippen LogP contribution in [0.1, 0.15) is 27.8 Å². The SMILES string of the molecule is Cc1ccc(NC(=O)NCc2ccccc2CO)cc1NC(=O)NCc1ccccc1CO. The Morgan fingerprint density at radius 1 is 0.697 bits per heavy atom. The van der Waals surface area contributed by atoms with Gasteiger partial charge in [0.2, 0.25) is 0 Å². The summed E-state index contributed by atoms with van der Waals surface area (Å²) in [7, 11) is 0. The summed E-state index contributed by atoms with van der Waals surface area (Å²) in [6.45, 7) is 2.21. The van der Waals surface area contributed by atoms with E-state index in [1.54, 1.807) is 24.3 Å². The maximum Gasteiger partial charge on any atom is 0.319 e. The van der Waals surface area contributed by atoms with Gasteiger partial charge in [-0.25, -0.2) is 9.59 Å². The Bertz CT molecular complexity index is 1120. The van der Waals surface area contributed by atoms with Crippen LogP contribution in [0, 0.1) is 6.92 Å². The van der Waals surface area contributed by atoms with E-state index in [1.165, 1.54) is 0 Å². The molecule has 6 N–H and O–H groups in total. The Morgan fingerprint density at radius 3 is 1.70 bits per heavy atom. The summed E-state index contributed by atoms with van der Waals surface area (Å²) >= 11 is 0. The van der Waals surface area contributed by atoms with E-state index in [-0.39, 0.29) is 26.3 Å². The maximum atomic E-state index is 12.4. The van der Waals surface area contributed by atoms with Crippen LogP contribution in [0.5, 0.6) is 0 Å². The number of aliphatic hydroxyl groups excluding tert-OH is 2. The van der Waals surface area contributed by atoms with Crippen molar-refractivity contribution in [2.24, 2.45) is 0 Å². The fourth-order valence-corrected chi connectivity index (χ4v) is 3.30. The number of amides is 4. The second kappa shape index (κ2) is 11.7. The first kappa shape index (κ1) is 23.8. The van der Waals surface area contributed by atoms with Crippen LogP contribution in [0.2, 0.25) is 0 Å². The molecule has 0 aliphatic heterocycles. The lowest BCUT2D eigenvalue weighted by Gasteiger charge is -2.14. The van der Waals surface area contributed by atoms with Crippen LogP contribution in [-0.4, -0.2) is 22.3 Å². The topological polar surface area (TPSA) is 123 Å². The molecule has 0 spiro atoms.